The van der Waals surface area contributed by atoms with Crippen molar-refractivity contribution in [3.8, 4) is 0 Å². The Hall–Kier alpha value is -1.38. The van der Waals surface area contributed by atoms with E-state index in [0.29, 0.717) is 112 Å². The van der Waals surface area contributed by atoms with Crippen molar-refractivity contribution in [3.05, 3.63) is 0 Å². The van der Waals surface area contributed by atoms with Crippen LogP contribution in [0, 0.1) is 0 Å². The first-order chi connectivity index (χ1) is 23.7. The molecule has 0 radical (unpaired) electrons. The van der Waals surface area contributed by atoms with E-state index in [0.717, 1.165) is 13.0 Å². The maximum absolute atomic E-state index is 11.4. The van der Waals surface area contributed by atoms with E-state index in [1.54, 1.807) is 0 Å². The van der Waals surface area contributed by atoms with Gasteiger partial charge in [0.05, 0.1) is 98.9 Å². The lowest BCUT2D eigenvalue weighted by atomic mass is 10.0. The fraction of sp³-hybridized carbons (Fsp3) is 0.944. The zero-order chi connectivity index (χ0) is 34.9. The van der Waals surface area contributed by atoms with Crippen LogP contribution < -0.4 is 5.32 Å². The Morgan fingerprint density at radius 3 is 1.02 bits per heavy atom. The third-order valence-electron chi connectivity index (χ3n) is 7.35. The Balaban J connectivity index is 3.08. The molecular weight excluding hydrogens is 622 g/mol. The number of carbonyl (C=O) groups excluding carboxylic acids is 1. The summed E-state index contributed by atoms with van der Waals surface area (Å²) in [5.74, 6) is -1.24. The minimum atomic E-state index is -0.977. The van der Waals surface area contributed by atoms with Crippen molar-refractivity contribution in [2.75, 3.05) is 112 Å². The van der Waals surface area contributed by atoms with Gasteiger partial charge in [-0.3, -0.25) is 9.59 Å². The molecule has 0 aliphatic rings. The summed E-state index contributed by atoms with van der Waals surface area (Å²) < 4.78 is 44.0. The van der Waals surface area contributed by atoms with Gasteiger partial charge in [-0.15, -0.1) is 0 Å². The van der Waals surface area contributed by atoms with Crippen molar-refractivity contribution in [2.45, 2.75) is 110 Å². The number of carboxylic acids is 1. The molecule has 0 saturated heterocycles. The largest absolute Gasteiger partial charge is 0.481 e. The number of carboxylic acid groups (broad SMARTS) is 1. The number of carbonyl (C=O) groups is 2. The molecular formula is C36H71NO11. The normalized spacial score (nSPS) is 11.4. The molecule has 12 nitrogen and oxygen atoms in total. The van der Waals surface area contributed by atoms with E-state index in [9.17, 15) is 9.59 Å². The number of hydrogen-bond acceptors (Lipinski definition) is 10. The maximum Gasteiger partial charge on any atom is 0.303 e. The maximum atomic E-state index is 11.4. The summed E-state index contributed by atoms with van der Waals surface area (Å²) in [7, 11) is 0. The molecule has 0 atom stereocenters. The molecule has 0 aromatic heterocycles. The van der Waals surface area contributed by atoms with Gasteiger partial charge >= 0.3 is 5.97 Å². The van der Waals surface area contributed by atoms with E-state index >= 15 is 0 Å². The molecule has 0 fully saturated rings. The van der Waals surface area contributed by atoms with Crippen molar-refractivity contribution >= 4 is 11.9 Å². The predicted octanol–water partition coefficient (Wildman–Crippen LogP) is 5.58. The highest BCUT2D eigenvalue weighted by molar-refractivity contribution is 5.80. The zero-order valence-electron chi connectivity index (χ0n) is 30.4. The second kappa shape index (κ2) is 41.8. The van der Waals surface area contributed by atoms with Gasteiger partial charge in [-0.25, -0.2) is 0 Å². The van der Waals surface area contributed by atoms with Gasteiger partial charge in [0.25, 0.3) is 0 Å². The van der Waals surface area contributed by atoms with Crippen LogP contribution >= 0.6 is 0 Å². The van der Waals surface area contributed by atoms with Gasteiger partial charge in [0.1, 0.15) is 0 Å². The molecule has 12 heteroatoms. The smallest absolute Gasteiger partial charge is 0.303 e. The van der Waals surface area contributed by atoms with Crippen molar-refractivity contribution in [1.29, 1.82) is 0 Å². The van der Waals surface area contributed by atoms with Crippen molar-refractivity contribution in [3.63, 3.8) is 0 Å². The lowest BCUT2D eigenvalue weighted by Crippen LogP contribution is -2.25. The van der Waals surface area contributed by atoms with Gasteiger partial charge in [-0.2, -0.15) is 0 Å². The molecule has 0 rings (SSSR count). The standard InChI is InChI=1S/C36H71NO11/c1-2-3-4-5-6-7-8-9-10-11-12-13-14-19-41-21-23-43-25-27-45-29-31-47-33-34-48-32-30-46-28-26-44-24-22-42-20-15-18-37-35(38)16-17-36(39)40/h2-34H2,1H3,(H,37,38)(H,39,40). The van der Waals surface area contributed by atoms with Gasteiger partial charge in [0.2, 0.25) is 5.91 Å². The number of rotatable bonds is 42. The first-order valence-corrected chi connectivity index (χ1v) is 18.8. The average molecular weight is 694 g/mol. The molecule has 0 unspecified atom stereocenters. The van der Waals surface area contributed by atoms with Crippen molar-refractivity contribution in [1.82, 2.24) is 5.32 Å². The number of hydrogen-bond donors (Lipinski definition) is 2. The van der Waals surface area contributed by atoms with Crippen LogP contribution in [-0.4, -0.2) is 129 Å². The Morgan fingerprint density at radius 1 is 0.396 bits per heavy atom. The monoisotopic (exact) mass is 694 g/mol. The van der Waals surface area contributed by atoms with E-state index in [-0.39, 0.29) is 18.7 Å². The van der Waals surface area contributed by atoms with Crippen LogP contribution in [0.4, 0.5) is 0 Å². The highest BCUT2D eigenvalue weighted by atomic mass is 16.6. The van der Waals surface area contributed by atoms with Crippen LogP contribution in [0.3, 0.4) is 0 Å². The third-order valence-corrected chi connectivity index (χ3v) is 7.35. The van der Waals surface area contributed by atoms with Crippen LogP contribution in [0.2, 0.25) is 0 Å². The Labute approximate surface area is 291 Å². The van der Waals surface area contributed by atoms with E-state index in [1.807, 2.05) is 0 Å². The fourth-order valence-electron chi connectivity index (χ4n) is 4.57. The third kappa shape index (κ3) is 42.6. The molecule has 0 spiro atoms. The number of unbranched alkanes of at least 4 members (excludes halogenated alkanes) is 12. The Bertz CT molecular complexity index is 657. The van der Waals surface area contributed by atoms with Crippen LogP contribution in [0.15, 0.2) is 0 Å². The Morgan fingerprint density at radius 2 is 0.688 bits per heavy atom. The summed E-state index contributed by atoms with van der Waals surface area (Å²) in [5.41, 5.74) is 0. The molecule has 0 aromatic rings. The Kier molecular flexibility index (Phi) is 40.6. The van der Waals surface area contributed by atoms with Gasteiger partial charge in [0, 0.05) is 26.2 Å². The van der Waals surface area contributed by atoms with Gasteiger partial charge in [-0.05, 0) is 12.8 Å². The van der Waals surface area contributed by atoms with Crippen LogP contribution in [0.5, 0.6) is 0 Å². The van der Waals surface area contributed by atoms with E-state index < -0.39 is 5.97 Å². The summed E-state index contributed by atoms with van der Waals surface area (Å²) in [6, 6.07) is 0. The zero-order valence-corrected chi connectivity index (χ0v) is 30.4. The molecule has 2 N–H and O–H groups in total. The molecule has 1 amide bonds. The van der Waals surface area contributed by atoms with E-state index in [4.69, 9.17) is 43.0 Å². The lowest BCUT2D eigenvalue weighted by molar-refractivity contribution is -0.138. The van der Waals surface area contributed by atoms with Crippen LogP contribution in [0.1, 0.15) is 110 Å². The minimum Gasteiger partial charge on any atom is -0.481 e. The summed E-state index contributed by atoms with van der Waals surface area (Å²) in [6.45, 7) is 11.4. The quantitative estimate of drug-likeness (QED) is 0.0775. The van der Waals surface area contributed by atoms with E-state index in [1.165, 1.54) is 77.0 Å². The summed E-state index contributed by atoms with van der Waals surface area (Å²) in [5, 5.41) is 11.2. The predicted molar refractivity (Wildman–Crippen MR) is 187 cm³/mol. The highest BCUT2D eigenvalue weighted by Gasteiger charge is 2.04. The lowest BCUT2D eigenvalue weighted by Gasteiger charge is -2.09. The highest BCUT2D eigenvalue weighted by Crippen LogP contribution is 2.12. The molecule has 48 heavy (non-hydrogen) atoms. The topological polar surface area (TPSA) is 140 Å². The van der Waals surface area contributed by atoms with Gasteiger partial charge in [-0.1, -0.05) is 84.0 Å². The minimum absolute atomic E-state index is 0.00356. The molecule has 0 saturated carbocycles. The summed E-state index contributed by atoms with van der Waals surface area (Å²) in [6.07, 6.45) is 18.2. The molecule has 0 aliphatic carbocycles. The molecule has 0 aromatic carbocycles. The molecule has 286 valence electrons. The summed E-state index contributed by atoms with van der Waals surface area (Å²) in [4.78, 5) is 21.8. The second-order valence-electron chi connectivity index (χ2n) is 11.7. The number of nitrogens with one attached hydrogen (secondary N) is 1. The SMILES string of the molecule is CCCCCCCCCCCCCCCOCCOCCOCCOCCOCCOCCOCCOCCCNC(=O)CCC(=O)O. The van der Waals surface area contributed by atoms with Crippen LogP contribution in [-0.2, 0) is 47.5 Å². The fourth-order valence-corrected chi connectivity index (χ4v) is 4.57. The summed E-state index contributed by atoms with van der Waals surface area (Å²) >= 11 is 0. The van der Waals surface area contributed by atoms with Crippen molar-refractivity contribution in [2.24, 2.45) is 0 Å². The number of ether oxygens (including phenoxy) is 8. The first-order valence-electron chi connectivity index (χ1n) is 18.8. The first kappa shape index (κ1) is 46.6. The second-order valence-corrected chi connectivity index (χ2v) is 11.7. The van der Waals surface area contributed by atoms with Gasteiger partial charge in [0.15, 0.2) is 0 Å². The molecule has 0 bridgehead atoms. The van der Waals surface area contributed by atoms with Gasteiger partial charge < -0.3 is 48.3 Å². The van der Waals surface area contributed by atoms with Crippen molar-refractivity contribution < 1.29 is 52.6 Å². The van der Waals surface area contributed by atoms with Crippen LogP contribution in [0.25, 0.3) is 0 Å². The molecule has 0 aliphatic heterocycles. The number of aliphatic carboxylic acids is 1. The molecule has 0 heterocycles. The van der Waals surface area contributed by atoms with E-state index in [2.05, 4.69) is 12.2 Å². The average Bonchev–Trinajstić information content (AvgIpc) is 3.08. The number of amides is 1.